The van der Waals surface area contributed by atoms with Crippen molar-refractivity contribution in [2.24, 2.45) is 0 Å². The molecule has 4 rings (SSSR count). The van der Waals surface area contributed by atoms with Crippen LogP contribution in [0.2, 0.25) is 0 Å². The van der Waals surface area contributed by atoms with E-state index >= 15 is 0 Å². The van der Waals surface area contributed by atoms with Crippen LogP contribution in [0.15, 0.2) is 60.7 Å². The molecule has 1 aliphatic carbocycles. The second-order valence-corrected chi connectivity index (χ2v) is 6.66. The minimum absolute atomic E-state index is 0.243. The van der Waals surface area contributed by atoms with Gasteiger partial charge in [-0.3, -0.25) is 0 Å². The number of carboxylic acid groups (broad SMARTS) is 1. The van der Waals surface area contributed by atoms with Crippen LogP contribution in [0.1, 0.15) is 28.0 Å². The Morgan fingerprint density at radius 2 is 1.92 bits per heavy atom. The Balaban J connectivity index is 1.91. The van der Waals surface area contributed by atoms with Crippen molar-refractivity contribution in [3.05, 3.63) is 77.5 Å². The van der Waals surface area contributed by atoms with Gasteiger partial charge in [0.1, 0.15) is 0 Å². The van der Waals surface area contributed by atoms with Gasteiger partial charge in [0.25, 0.3) is 0 Å². The van der Waals surface area contributed by atoms with Gasteiger partial charge in [-0.15, -0.1) is 0 Å². The summed E-state index contributed by atoms with van der Waals surface area (Å²) in [4.78, 5) is 11.4. The molecule has 132 valence electrons. The first-order valence-electron chi connectivity index (χ1n) is 8.83. The summed E-state index contributed by atoms with van der Waals surface area (Å²) in [6.07, 6.45) is 3.02. The number of aromatic nitrogens is 1. The highest BCUT2D eigenvalue weighted by Gasteiger charge is 2.25. The number of ether oxygens (including phenoxy) is 1. The van der Waals surface area contributed by atoms with Gasteiger partial charge >= 0.3 is 5.97 Å². The number of fused-ring (bicyclic) bond motifs is 1. The van der Waals surface area contributed by atoms with Gasteiger partial charge in [-0.25, -0.2) is 4.79 Å². The van der Waals surface area contributed by atoms with E-state index in [4.69, 9.17) is 4.74 Å². The lowest BCUT2D eigenvalue weighted by Crippen LogP contribution is -2.21. The fraction of sp³-hybridized carbons (Fsp3) is 0.227. The summed E-state index contributed by atoms with van der Waals surface area (Å²) in [7, 11) is 1.76. The Hall–Kier alpha value is -2.85. The Bertz CT molecular complexity index is 943. The number of methoxy groups -OCH3 is 1. The summed E-state index contributed by atoms with van der Waals surface area (Å²) < 4.78 is 7.78. The molecule has 0 spiro atoms. The van der Waals surface area contributed by atoms with Crippen LogP contribution >= 0.6 is 0 Å². The number of carboxylic acids is 1. The molecule has 0 bridgehead atoms. The van der Waals surface area contributed by atoms with E-state index in [9.17, 15) is 9.90 Å². The average molecular weight is 347 g/mol. The molecule has 1 aliphatic rings. The lowest BCUT2D eigenvalue weighted by molar-refractivity contribution is 0.0697. The number of rotatable bonds is 4. The number of benzene rings is 2. The first kappa shape index (κ1) is 16.6. The number of nitrogens with zero attached hydrogens (tertiary/aromatic N) is 1. The van der Waals surface area contributed by atoms with E-state index in [2.05, 4.69) is 22.8 Å². The van der Waals surface area contributed by atoms with E-state index < -0.39 is 5.97 Å². The summed E-state index contributed by atoms with van der Waals surface area (Å²) in [5.41, 5.74) is 5.93. The third-order valence-corrected chi connectivity index (χ3v) is 5.10. The fourth-order valence-electron chi connectivity index (χ4n) is 3.79. The molecular weight excluding hydrogens is 326 g/mol. The number of hydrogen-bond donors (Lipinski definition) is 1. The van der Waals surface area contributed by atoms with E-state index in [1.54, 1.807) is 25.3 Å². The molecule has 4 heteroatoms. The van der Waals surface area contributed by atoms with Crippen molar-refractivity contribution >= 4 is 5.97 Å². The van der Waals surface area contributed by atoms with Crippen molar-refractivity contribution < 1.29 is 14.6 Å². The topological polar surface area (TPSA) is 51.5 Å². The van der Waals surface area contributed by atoms with Gasteiger partial charge in [-0.1, -0.05) is 36.4 Å². The molecule has 0 fully saturated rings. The maximum absolute atomic E-state index is 11.4. The van der Waals surface area contributed by atoms with Crippen molar-refractivity contribution in [3.8, 4) is 16.9 Å². The van der Waals surface area contributed by atoms with Crippen LogP contribution in [-0.2, 0) is 17.6 Å². The van der Waals surface area contributed by atoms with Gasteiger partial charge in [0.15, 0.2) is 0 Å². The van der Waals surface area contributed by atoms with Crippen LogP contribution < -0.4 is 0 Å². The molecular formula is C22H21NO3. The molecule has 1 unspecified atom stereocenters. The first-order valence-corrected chi connectivity index (χ1v) is 8.83. The molecule has 1 atom stereocenters. The monoisotopic (exact) mass is 347 g/mol. The predicted octanol–water partition coefficient (Wildman–Crippen LogP) is 4.35. The SMILES string of the molecule is COC1CCc2c(cc(-c3ccccc3)n2-c2cccc(C(=O)O)c2)C1. The van der Waals surface area contributed by atoms with E-state index in [-0.39, 0.29) is 6.10 Å². The highest BCUT2D eigenvalue weighted by molar-refractivity contribution is 5.88. The largest absolute Gasteiger partial charge is 0.478 e. The second kappa shape index (κ2) is 6.81. The van der Waals surface area contributed by atoms with E-state index in [0.29, 0.717) is 5.56 Å². The van der Waals surface area contributed by atoms with Gasteiger partial charge in [0.2, 0.25) is 0 Å². The second-order valence-electron chi connectivity index (χ2n) is 6.66. The fourth-order valence-corrected chi connectivity index (χ4v) is 3.79. The Kier molecular flexibility index (Phi) is 4.35. The molecule has 1 aromatic heterocycles. The van der Waals surface area contributed by atoms with E-state index in [1.807, 2.05) is 24.3 Å². The molecule has 1 N–H and O–H groups in total. The van der Waals surface area contributed by atoms with E-state index in [0.717, 1.165) is 36.2 Å². The summed E-state index contributed by atoms with van der Waals surface area (Å²) >= 11 is 0. The predicted molar refractivity (Wildman–Crippen MR) is 101 cm³/mol. The van der Waals surface area contributed by atoms with Crippen molar-refractivity contribution in [2.75, 3.05) is 7.11 Å². The summed E-state index contributed by atoms with van der Waals surface area (Å²) in [5, 5.41) is 9.37. The molecule has 26 heavy (non-hydrogen) atoms. The standard InChI is InChI=1S/C22H21NO3/c1-26-19-10-11-20-17(13-19)14-21(15-6-3-2-4-7-15)23(20)18-9-5-8-16(12-18)22(24)25/h2-9,12,14,19H,10-11,13H2,1H3,(H,24,25). The van der Waals surface area contributed by atoms with Gasteiger partial charge in [0, 0.05) is 24.9 Å². The molecule has 3 aromatic rings. The highest BCUT2D eigenvalue weighted by atomic mass is 16.5. The van der Waals surface area contributed by atoms with Crippen molar-refractivity contribution in [3.63, 3.8) is 0 Å². The normalized spacial score (nSPS) is 16.3. The van der Waals surface area contributed by atoms with Crippen LogP contribution in [0.5, 0.6) is 0 Å². The zero-order chi connectivity index (χ0) is 18.1. The molecule has 0 saturated carbocycles. The Labute approximate surface area is 152 Å². The zero-order valence-electron chi connectivity index (χ0n) is 14.7. The maximum Gasteiger partial charge on any atom is 0.335 e. The van der Waals surface area contributed by atoms with Crippen LogP contribution in [0.4, 0.5) is 0 Å². The minimum Gasteiger partial charge on any atom is -0.478 e. The van der Waals surface area contributed by atoms with Crippen LogP contribution in [0, 0.1) is 0 Å². The average Bonchev–Trinajstić information content (AvgIpc) is 3.07. The molecule has 1 heterocycles. The summed E-state index contributed by atoms with van der Waals surface area (Å²) in [5.74, 6) is -0.909. The third-order valence-electron chi connectivity index (χ3n) is 5.10. The molecule has 4 nitrogen and oxygen atoms in total. The van der Waals surface area contributed by atoms with Crippen LogP contribution in [0.3, 0.4) is 0 Å². The van der Waals surface area contributed by atoms with Gasteiger partial charge < -0.3 is 14.4 Å². The zero-order valence-corrected chi connectivity index (χ0v) is 14.7. The van der Waals surface area contributed by atoms with Gasteiger partial charge in [-0.05, 0) is 48.2 Å². The lowest BCUT2D eigenvalue weighted by Gasteiger charge is -2.23. The molecule has 0 radical (unpaired) electrons. The molecule has 0 aliphatic heterocycles. The summed E-state index contributed by atoms with van der Waals surface area (Å²) in [6.45, 7) is 0. The van der Waals surface area contributed by atoms with Crippen LogP contribution in [0.25, 0.3) is 16.9 Å². The van der Waals surface area contributed by atoms with Crippen molar-refractivity contribution in [2.45, 2.75) is 25.4 Å². The third kappa shape index (κ3) is 2.93. The lowest BCUT2D eigenvalue weighted by atomic mass is 9.95. The number of hydrogen-bond acceptors (Lipinski definition) is 2. The molecule has 0 saturated heterocycles. The van der Waals surface area contributed by atoms with Gasteiger partial charge in [0.05, 0.1) is 17.4 Å². The minimum atomic E-state index is -0.909. The Morgan fingerprint density at radius 1 is 1.12 bits per heavy atom. The molecule has 2 aromatic carbocycles. The quantitative estimate of drug-likeness (QED) is 0.763. The number of carbonyl (C=O) groups is 1. The van der Waals surface area contributed by atoms with Crippen LogP contribution in [-0.4, -0.2) is 28.9 Å². The molecule has 0 amide bonds. The van der Waals surface area contributed by atoms with Crippen molar-refractivity contribution in [1.82, 2.24) is 4.57 Å². The first-order chi connectivity index (χ1) is 12.7. The smallest absolute Gasteiger partial charge is 0.335 e. The van der Waals surface area contributed by atoms with E-state index in [1.165, 1.54) is 11.3 Å². The Morgan fingerprint density at radius 3 is 2.65 bits per heavy atom. The van der Waals surface area contributed by atoms with Gasteiger partial charge in [-0.2, -0.15) is 0 Å². The van der Waals surface area contributed by atoms with Crippen molar-refractivity contribution in [1.29, 1.82) is 0 Å². The summed E-state index contributed by atoms with van der Waals surface area (Å²) in [6, 6.07) is 19.6. The number of aromatic carboxylic acids is 1. The highest BCUT2D eigenvalue weighted by Crippen LogP contribution is 2.34. The maximum atomic E-state index is 11.4.